The van der Waals surface area contributed by atoms with Gasteiger partial charge < -0.3 is 10.2 Å². The molecule has 142 valence electrons. The van der Waals surface area contributed by atoms with Crippen LogP contribution in [0.25, 0.3) is 0 Å². The lowest BCUT2D eigenvalue weighted by molar-refractivity contribution is -0.120. The Bertz CT molecular complexity index is 685. The third-order valence-electron chi connectivity index (χ3n) is 4.28. The van der Waals surface area contributed by atoms with Crippen molar-refractivity contribution >= 4 is 27.3 Å². The lowest BCUT2D eigenvalue weighted by Gasteiger charge is -2.27. The van der Waals surface area contributed by atoms with Gasteiger partial charge in [-0.05, 0) is 57.9 Å². The maximum absolute atomic E-state index is 12.2. The van der Waals surface area contributed by atoms with E-state index >= 15 is 0 Å². The number of nitrogens with one attached hydrogen (secondary N) is 1. The molecular formula is C18H31N3O3S. The molecule has 7 heteroatoms. The molecule has 0 saturated carbocycles. The Hall–Kier alpha value is -1.76. The zero-order valence-electron chi connectivity index (χ0n) is 16.2. The second-order valence-corrected chi connectivity index (χ2v) is 8.20. The first kappa shape index (κ1) is 21.3. The van der Waals surface area contributed by atoms with E-state index in [0.717, 1.165) is 37.0 Å². The van der Waals surface area contributed by atoms with Crippen molar-refractivity contribution in [2.24, 2.45) is 0 Å². The summed E-state index contributed by atoms with van der Waals surface area (Å²) in [6, 6.07) is 5.66. The monoisotopic (exact) mass is 369 g/mol. The van der Waals surface area contributed by atoms with Crippen molar-refractivity contribution in [1.29, 1.82) is 0 Å². The highest BCUT2D eigenvalue weighted by atomic mass is 32.2. The van der Waals surface area contributed by atoms with Crippen molar-refractivity contribution < 1.29 is 13.2 Å². The first-order valence-electron chi connectivity index (χ1n) is 8.76. The molecule has 0 aromatic heterocycles. The van der Waals surface area contributed by atoms with E-state index in [1.807, 2.05) is 32.9 Å². The van der Waals surface area contributed by atoms with Crippen LogP contribution in [0.4, 0.5) is 11.4 Å². The molecule has 1 atom stereocenters. The van der Waals surface area contributed by atoms with Crippen LogP contribution in [0.1, 0.15) is 39.7 Å². The number of sulfonamides is 1. The predicted octanol–water partition coefficient (Wildman–Crippen LogP) is 2.52. The molecule has 1 unspecified atom stereocenters. The summed E-state index contributed by atoms with van der Waals surface area (Å²) < 4.78 is 25.7. The van der Waals surface area contributed by atoms with Gasteiger partial charge in [-0.1, -0.05) is 6.92 Å². The minimum Gasteiger partial charge on any atom is -0.372 e. The molecule has 1 aromatic carbocycles. The van der Waals surface area contributed by atoms with Gasteiger partial charge in [-0.25, -0.2) is 8.42 Å². The van der Waals surface area contributed by atoms with E-state index in [4.69, 9.17) is 0 Å². The van der Waals surface area contributed by atoms with Gasteiger partial charge in [-0.2, -0.15) is 0 Å². The van der Waals surface area contributed by atoms with Crippen LogP contribution in [0.2, 0.25) is 0 Å². The summed E-state index contributed by atoms with van der Waals surface area (Å²) >= 11 is 0. The fourth-order valence-corrected chi connectivity index (χ4v) is 3.55. The number of amides is 1. The van der Waals surface area contributed by atoms with Gasteiger partial charge in [0.25, 0.3) is 0 Å². The highest BCUT2D eigenvalue weighted by Gasteiger charge is 2.23. The van der Waals surface area contributed by atoms with Crippen molar-refractivity contribution in [2.45, 2.75) is 47.1 Å². The number of rotatable bonds is 9. The Kier molecular flexibility index (Phi) is 7.73. The second kappa shape index (κ2) is 9.08. The van der Waals surface area contributed by atoms with E-state index in [2.05, 4.69) is 24.1 Å². The standard InChI is InChI=1S/C18H31N3O3S/c1-7-15(5)19-18(22)13-21(25(6,23)24)17-11-10-16(12-14(17)4)20(8-2)9-3/h10-12,15H,7-9,13H2,1-6H3,(H,19,22). The molecule has 1 amide bonds. The van der Waals surface area contributed by atoms with Gasteiger partial charge in [0.2, 0.25) is 15.9 Å². The molecular weight excluding hydrogens is 338 g/mol. The van der Waals surface area contributed by atoms with Crippen molar-refractivity contribution in [1.82, 2.24) is 5.32 Å². The number of hydrogen-bond acceptors (Lipinski definition) is 4. The summed E-state index contributed by atoms with van der Waals surface area (Å²) in [5, 5.41) is 2.82. The van der Waals surface area contributed by atoms with Crippen LogP contribution < -0.4 is 14.5 Å². The van der Waals surface area contributed by atoms with Gasteiger partial charge in [0, 0.05) is 24.8 Å². The first-order chi connectivity index (χ1) is 11.6. The molecule has 25 heavy (non-hydrogen) atoms. The van der Waals surface area contributed by atoms with Crippen LogP contribution in [-0.2, 0) is 14.8 Å². The molecule has 6 nitrogen and oxygen atoms in total. The summed E-state index contributed by atoms with van der Waals surface area (Å²) in [4.78, 5) is 14.4. The van der Waals surface area contributed by atoms with Crippen LogP contribution >= 0.6 is 0 Å². The van der Waals surface area contributed by atoms with Gasteiger partial charge in [-0.15, -0.1) is 0 Å². The predicted molar refractivity (Wildman–Crippen MR) is 105 cm³/mol. The van der Waals surface area contributed by atoms with E-state index in [1.54, 1.807) is 6.07 Å². The molecule has 1 aromatic rings. The van der Waals surface area contributed by atoms with Gasteiger partial charge in [0.15, 0.2) is 0 Å². The quantitative estimate of drug-likeness (QED) is 0.726. The van der Waals surface area contributed by atoms with Crippen LogP contribution in [-0.4, -0.2) is 46.3 Å². The second-order valence-electron chi connectivity index (χ2n) is 6.29. The van der Waals surface area contributed by atoms with Gasteiger partial charge >= 0.3 is 0 Å². The third kappa shape index (κ3) is 5.92. The Morgan fingerprint density at radius 1 is 1.20 bits per heavy atom. The molecule has 1 N–H and O–H groups in total. The fraction of sp³-hybridized carbons (Fsp3) is 0.611. The van der Waals surface area contributed by atoms with Crippen molar-refractivity contribution in [3.8, 4) is 0 Å². The van der Waals surface area contributed by atoms with Crippen LogP contribution in [0.5, 0.6) is 0 Å². The largest absolute Gasteiger partial charge is 0.372 e. The number of carbonyl (C=O) groups excluding carboxylic acids is 1. The average Bonchev–Trinajstić information content (AvgIpc) is 2.53. The lowest BCUT2D eigenvalue weighted by atomic mass is 10.1. The number of nitrogens with zero attached hydrogens (tertiary/aromatic N) is 2. The summed E-state index contributed by atoms with van der Waals surface area (Å²) in [5.74, 6) is -0.299. The molecule has 0 saturated heterocycles. The SMILES string of the molecule is CCC(C)NC(=O)CN(c1ccc(N(CC)CC)cc1C)S(C)(=O)=O. The van der Waals surface area contributed by atoms with E-state index < -0.39 is 10.0 Å². The number of anilines is 2. The maximum Gasteiger partial charge on any atom is 0.240 e. The molecule has 0 aliphatic heterocycles. The summed E-state index contributed by atoms with van der Waals surface area (Å²) in [6.45, 7) is 11.4. The number of aryl methyl sites for hydroxylation is 1. The summed E-state index contributed by atoms with van der Waals surface area (Å²) in [6.07, 6.45) is 1.92. The first-order valence-corrected chi connectivity index (χ1v) is 10.6. The highest BCUT2D eigenvalue weighted by Crippen LogP contribution is 2.27. The average molecular weight is 370 g/mol. The Morgan fingerprint density at radius 2 is 1.80 bits per heavy atom. The minimum absolute atomic E-state index is 0.0139. The molecule has 0 heterocycles. The number of hydrogen-bond donors (Lipinski definition) is 1. The minimum atomic E-state index is -3.56. The molecule has 0 spiro atoms. The maximum atomic E-state index is 12.2. The van der Waals surface area contributed by atoms with Gasteiger partial charge in [0.1, 0.15) is 6.54 Å². The molecule has 0 fully saturated rings. The Morgan fingerprint density at radius 3 is 2.24 bits per heavy atom. The van der Waals surface area contributed by atoms with Crippen molar-refractivity contribution in [3.63, 3.8) is 0 Å². The van der Waals surface area contributed by atoms with Crippen LogP contribution in [0.15, 0.2) is 18.2 Å². The smallest absolute Gasteiger partial charge is 0.240 e. The number of benzene rings is 1. The van der Waals surface area contributed by atoms with Crippen molar-refractivity contribution in [3.05, 3.63) is 23.8 Å². The van der Waals surface area contributed by atoms with E-state index in [-0.39, 0.29) is 18.5 Å². The van der Waals surface area contributed by atoms with E-state index in [0.29, 0.717) is 5.69 Å². The van der Waals surface area contributed by atoms with Crippen LogP contribution in [0.3, 0.4) is 0 Å². The van der Waals surface area contributed by atoms with E-state index in [1.165, 1.54) is 4.31 Å². The highest BCUT2D eigenvalue weighted by molar-refractivity contribution is 7.92. The summed E-state index contributed by atoms with van der Waals surface area (Å²) in [7, 11) is -3.56. The zero-order chi connectivity index (χ0) is 19.2. The molecule has 0 bridgehead atoms. The zero-order valence-corrected chi connectivity index (χ0v) is 17.0. The fourth-order valence-electron chi connectivity index (χ4n) is 2.64. The molecule has 0 aliphatic carbocycles. The van der Waals surface area contributed by atoms with Crippen molar-refractivity contribution in [2.75, 3.05) is 35.1 Å². The summed E-state index contributed by atoms with van der Waals surface area (Å²) in [5.41, 5.74) is 2.41. The molecule has 0 radical (unpaired) electrons. The Balaban J connectivity index is 3.14. The normalized spacial score (nSPS) is 12.6. The topological polar surface area (TPSA) is 69.7 Å². The van der Waals surface area contributed by atoms with E-state index in [9.17, 15) is 13.2 Å². The van der Waals surface area contributed by atoms with Gasteiger partial charge in [0.05, 0.1) is 11.9 Å². The third-order valence-corrected chi connectivity index (χ3v) is 5.41. The lowest BCUT2D eigenvalue weighted by Crippen LogP contribution is -2.43. The molecule has 1 rings (SSSR count). The van der Waals surface area contributed by atoms with Gasteiger partial charge in [-0.3, -0.25) is 9.10 Å². The Labute approximate surface area is 152 Å². The van der Waals surface area contributed by atoms with Crippen LogP contribution in [0, 0.1) is 6.92 Å². The molecule has 0 aliphatic rings. The number of carbonyl (C=O) groups is 1.